The van der Waals surface area contributed by atoms with E-state index in [-0.39, 0.29) is 23.7 Å². The predicted molar refractivity (Wildman–Crippen MR) is 103 cm³/mol. The summed E-state index contributed by atoms with van der Waals surface area (Å²) in [7, 11) is 1.65. The van der Waals surface area contributed by atoms with Gasteiger partial charge in [0.25, 0.3) is 0 Å². The van der Waals surface area contributed by atoms with Crippen LogP contribution in [0.15, 0.2) is 24.3 Å². The van der Waals surface area contributed by atoms with Gasteiger partial charge in [0.05, 0.1) is 20.3 Å². The zero-order chi connectivity index (χ0) is 19.2. The van der Waals surface area contributed by atoms with Crippen LogP contribution in [0, 0.1) is 5.92 Å². The Labute approximate surface area is 161 Å². The summed E-state index contributed by atoms with van der Waals surface area (Å²) >= 11 is 0. The van der Waals surface area contributed by atoms with Crippen molar-refractivity contribution in [1.82, 2.24) is 9.80 Å². The molecule has 0 bridgehead atoms. The maximum absolute atomic E-state index is 12.7. The molecule has 0 aromatic heterocycles. The van der Waals surface area contributed by atoms with Crippen molar-refractivity contribution in [2.24, 2.45) is 5.92 Å². The molecule has 2 fully saturated rings. The number of nitrogens with zero attached hydrogens (tertiary/aromatic N) is 2. The topological polar surface area (TPSA) is 59.1 Å². The van der Waals surface area contributed by atoms with Crippen LogP contribution in [0.25, 0.3) is 0 Å². The lowest BCUT2D eigenvalue weighted by molar-refractivity contribution is -0.143. The Hall–Kier alpha value is -2.08. The van der Waals surface area contributed by atoms with E-state index >= 15 is 0 Å². The SMILES string of the molecule is COc1ccc(C(C)CC(=O)N2CCC(C(=O)N3CCOCC3)CC2)cc1. The summed E-state index contributed by atoms with van der Waals surface area (Å²) in [5, 5.41) is 0. The fourth-order valence-electron chi connectivity index (χ4n) is 3.86. The largest absolute Gasteiger partial charge is 0.497 e. The van der Waals surface area contributed by atoms with Gasteiger partial charge in [-0.3, -0.25) is 9.59 Å². The molecule has 2 aliphatic heterocycles. The Balaban J connectivity index is 1.46. The molecule has 0 N–H and O–H groups in total. The van der Waals surface area contributed by atoms with Crippen LogP contribution in [0.1, 0.15) is 37.7 Å². The summed E-state index contributed by atoms with van der Waals surface area (Å²) in [6.07, 6.45) is 2.02. The van der Waals surface area contributed by atoms with E-state index < -0.39 is 0 Å². The number of morpholine rings is 1. The van der Waals surface area contributed by atoms with Crippen LogP contribution in [-0.4, -0.2) is 68.1 Å². The van der Waals surface area contributed by atoms with Crippen LogP contribution in [-0.2, 0) is 14.3 Å². The lowest BCUT2D eigenvalue weighted by Crippen LogP contribution is -2.47. The molecule has 148 valence electrons. The molecule has 2 amide bonds. The highest BCUT2D eigenvalue weighted by atomic mass is 16.5. The number of methoxy groups -OCH3 is 1. The maximum Gasteiger partial charge on any atom is 0.225 e. The highest BCUT2D eigenvalue weighted by Gasteiger charge is 2.31. The number of amides is 2. The molecule has 0 spiro atoms. The fraction of sp³-hybridized carbons (Fsp3) is 0.619. The molecule has 1 aromatic carbocycles. The first-order valence-corrected chi connectivity index (χ1v) is 9.86. The maximum atomic E-state index is 12.7. The van der Waals surface area contributed by atoms with E-state index in [0.717, 1.165) is 24.2 Å². The molecule has 3 rings (SSSR count). The van der Waals surface area contributed by atoms with Gasteiger partial charge < -0.3 is 19.3 Å². The van der Waals surface area contributed by atoms with E-state index in [2.05, 4.69) is 6.92 Å². The first-order valence-electron chi connectivity index (χ1n) is 9.86. The van der Waals surface area contributed by atoms with E-state index in [0.29, 0.717) is 45.8 Å². The summed E-state index contributed by atoms with van der Waals surface area (Å²) in [4.78, 5) is 29.1. The number of ether oxygens (including phenoxy) is 2. The first kappa shape index (κ1) is 19.7. The van der Waals surface area contributed by atoms with E-state index in [9.17, 15) is 9.59 Å². The summed E-state index contributed by atoms with van der Waals surface area (Å²) in [6.45, 7) is 6.07. The Bertz CT molecular complexity index is 632. The van der Waals surface area contributed by atoms with Gasteiger partial charge in [-0.25, -0.2) is 0 Å². The van der Waals surface area contributed by atoms with Crippen LogP contribution in [0.2, 0.25) is 0 Å². The molecule has 2 saturated heterocycles. The smallest absolute Gasteiger partial charge is 0.225 e. The molecule has 0 radical (unpaired) electrons. The van der Waals surface area contributed by atoms with Crippen molar-refractivity contribution < 1.29 is 19.1 Å². The molecule has 27 heavy (non-hydrogen) atoms. The second-order valence-corrected chi connectivity index (χ2v) is 7.47. The molecule has 2 heterocycles. The number of hydrogen-bond donors (Lipinski definition) is 0. The highest BCUT2D eigenvalue weighted by Crippen LogP contribution is 2.25. The lowest BCUT2D eigenvalue weighted by Gasteiger charge is -2.35. The number of hydrogen-bond acceptors (Lipinski definition) is 4. The van der Waals surface area contributed by atoms with Gasteiger partial charge in [0.2, 0.25) is 11.8 Å². The van der Waals surface area contributed by atoms with Crippen molar-refractivity contribution in [3.05, 3.63) is 29.8 Å². The second kappa shape index (κ2) is 9.22. The third-order valence-electron chi connectivity index (χ3n) is 5.69. The van der Waals surface area contributed by atoms with E-state index in [1.807, 2.05) is 34.1 Å². The van der Waals surface area contributed by atoms with Crippen molar-refractivity contribution in [3.63, 3.8) is 0 Å². The second-order valence-electron chi connectivity index (χ2n) is 7.47. The van der Waals surface area contributed by atoms with Gasteiger partial charge in [-0.1, -0.05) is 19.1 Å². The molecular formula is C21H30N2O4. The van der Waals surface area contributed by atoms with E-state index in [4.69, 9.17) is 9.47 Å². The Morgan fingerprint density at radius 1 is 1.07 bits per heavy atom. The Morgan fingerprint density at radius 3 is 2.30 bits per heavy atom. The van der Waals surface area contributed by atoms with Gasteiger partial charge in [-0.2, -0.15) is 0 Å². The Morgan fingerprint density at radius 2 is 1.70 bits per heavy atom. The number of rotatable bonds is 5. The number of carbonyl (C=O) groups excluding carboxylic acids is 2. The number of carbonyl (C=O) groups is 2. The molecular weight excluding hydrogens is 344 g/mol. The standard InChI is InChI=1S/C21H30N2O4/c1-16(17-3-5-19(26-2)6-4-17)15-20(24)22-9-7-18(8-10-22)21(25)23-11-13-27-14-12-23/h3-6,16,18H,7-15H2,1-2H3. The average Bonchev–Trinajstić information content (AvgIpc) is 2.74. The van der Waals surface area contributed by atoms with Crippen molar-refractivity contribution in [2.75, 3.05) is 46.5 Å². The van der Waals surface area contributed by atoms with Gasteiger partial charge in [-0.05, 0) is 36.5 Å². The fourth-order valence-corrected chi connectivity index (χ4v) is 3.86. The highest BCUT2D eigenvalue weighted by molar-refractivity contribution is 5.80. The summed E-state index contributed by atoms with van der Waals surface area (Å²) in [5.41, 5.74) is 1.14. The van der Waals surface area contributed by atoms with Crippen molar-refractivity contribution in [3.8, 4) is 5.75 Å². The molecule has 2 aliphatic rings. The zero-order valence-corrected chi connectivity index (χ0v) is 16.4. The number of benzene rings is 1. The third-order valence-corrected chi connectivity index (χ3v) is 5.69. The van der Waals surface area contributed by atoms with Gasteiger partial charge in [0, 0.05) is 38.5 Å². The minimum Gasteiger partial charge on any atom is -0.497 e. The van der Waals surface area contributed by atoms with Crippen LogP contribution in [0.4, 0.5) is 0 Å². The molecule has 0 aliphatic carbocycles. The minimum atomic E-state index is 0.0474. The van der Waals surface area contributed by atoms with E-state index in [1.165, 1.54) is 0 Å². The quantitative estimate of drug-likeness (QED) is 0.793. The predicted octanol–water partition coefficient (Wildman–Crippen LogP) is 2.29. The summed E-state index contributed by atoms with van der Waals surface area (Å²) < 4.78 is 10.5. The third kappa shape index (κ3) is 5.01. The van der Waals surface area contributed by atoms with Crippen LogP contribution < -0.4 is 4.74 Å². The van der Waals surface area contributed by atoms with Gasteiger partial charge in [-0.15, -0.1) is 0 Å². The van der Waals surface area contributed by atoms with Crippen LogP contribution >= 0.6 is 0 Å². The lowest BCUT2D eigenvalue weighted by atomic mass is 9.93. The van der Waals surface area contributed by atoms with Crippen LogP contribution in [0.3, 0.4) is 0 Å². The van der Waals surface area contributed by atoms with Gasteiger partial charge in [0.1, 0.15) is 5.75 Å². The van der Waals surface area contributed by atoms with Gasteiger partial charge >= 0.3 is 0 Å². The Kier molecular flexibility index (Phi) is 6.72. The van der Waals surface area contributed by atoms with Gasteiger partial charge in [0.15, 0.2) is 0 Å². The molecule has 6 nitrogen and oxygen atoms in total. The normalized spacial score (nSPS) is 19.6. The zero-order valence-electron chi connectivity index (χ0n) is 16.4. The monoisotopic (exact) mass is 374 g/mol. The molecule has 1 unspecified atom stereocenters. The first-order chi connectivity index (χ1) is 13.1. The summed E-state index contributed by atoms with van der Waals surface area (Å²) in [5.74, 6) is 1.44. The molecule has 0 saturated carbocycles. The van der Waals surface area contributed by atoms with Crippen LogP contribution in [0.5, 0.6) is 5.75 Å². The van der Waals surface area contributed by atoms with Crippen molar-refractivity contribution in [1.29, 1.82) is 0 Å². The molecule has 6 heteroatoms. The number of likely N-dealkylation sites (tertiary alicyclic amines) is 1. The van der Waals surface area contributed by atoms with E-state index in [1.54, 1.807) is 7.11 Å². The average molecular weight is 374 g/mol. The van der Waals surface area contributed by atoms with Crippen molar-refractivity contribution >= 4 is 11.8 Å². The van der Waals surface area contributed by atoms with Crippen molar-refractivity contribution in [2.45, 2.75) is 32.1 Å². The molecule has 1 atom stereocenters. The minimum absolute atomic E-state index is 0.0474. The summed E-state index contributed by atoms with van der Waals surface area (Å²) in [6, 6.07) is 7.89. The number of piperidine rings is 1. The molecule has 1 aromatic rings.